The maximum atomic E-state index is 12.2. The number of esters is 3. The summed E-state index contributed by atoms with van der Waals surface area (Å²) in [6, 6.07) is 0. The van der Waals surface area contributed by atoms with Gasteiger partial charge in [-0.2, -0.15) is 0 Å². The fraction of sp³-hybridized carbons (Fsp3) is 0.826. The summed E-state index contributed by atoms with van der Waals surface area (Å²) < 4.78 is 27.8. The van der Waals surface area contributed by atoms with E-state index in [4.69, 9.17) is 23.7 Å². The summed E-state index contributed by atoms with van der Waals surface area (Å²) in [5, 5.41) is 2.64. The second kappa shape index (κ2) is 13.5. The Morgan fingerprint density at radius 1 is 0.939 bits per heavy atom. The summed E-state index contributed by atoms with van der Waals surface area (Å²) in [5.74, 6) is -1.82. The van der Waals surface area contributed by atoms with Gasteiger partial charge >= 0.3 is 17.9 Å². The van der Waals surface area contributed by atoms with E-state index in [1.807, 2.05) is 27.7 Å². The van der Waals surface area contributed by atoms with Gasteiger partial charge in [-0.05, 0) is 20.3 Å². The largest absolute Gasteiger partial charge is 0.463 e. The first kappa shape index (κ1) is 30.8. The summed E-state index contributed by atoms with van der Waals surface area (Å²) in [5.41, 5.74) is -1.50. The Kier molecular flexibility index (Phi) is 12.6. The second-order valence-electron chi connectivity index (χ2n) is 8.88. The molecule has 10 heteroatoms. The minimum absolute atomic E-state index is 0.0952. The lowest BCUT2D eigenvalue weighted by Crippen LogP contribution is -2.55. The van der Waals surface area contributed by atoms with E-state index in [2.05, 4.69) is 5.32 Å². The number of ether oxygens (including phenoxy) is 5. The molecule has 192 valence electrons. The Morgan fingerprint density at radius 3 is 1.94 bits per heavy atom. The van der Waals surface area contributed by atoms with Crippen LogP contribution in [-0.2, 0) is 42.9 Å². The highest BCUT2D eigenvalue weighted by molar-refractivity contribution is 5.81. The molecule has 1 N–H and O–H groups in total. The number of carbonyl (C=O) groups excluding carboxylic acids is 4. The van der Waals surface area contributed by atoms with Crippen LogP contribution in [0.3, 0.4) is 0 Å². The minimum atomic E-state index is -0.967. The fourth-order valence-corrected chi connectivity index (χ4v) is 3.85. The van der Waals surface area contributed by atoms with Crippen molar-refractivity contribution in [2.45, 2.75) is 105 Å². The van der Waals surface area contributed by atoms with E-state index in [0.717, 1.165) is 0 Å². The number of hydrogen-bond acceptors (Lipinski definition) is 9. The molecule has 0 aliphatic carbocycles. The van der Waals surface area contributed by atoms with E-state index >= 15 is 0 Å². The van der Waals surface area contributed by atoms with Gasteiger partial charge in [0.25, 0.3) is 0 Å². The summed E-state index contributed by atoms with van der Waals surface area (Å²) in [6.07, 6.45) is -3.11. The zero-order valence-corrected chi connectivity index (χ0v) is 21.6. The lowest BCUT2D eigenvalue weighted by molar-refractivity contribution is -0.291. The number of nitrogens with one attached hydrogen (secondary N) is 1. The van der Waals surface area contributed by atoms with Crippen LogP contribution in [0.2, 0.25) is 0 Å². The lowest BCUT2D eigenvalue weighted by Gasteiger charge is -2.43. The highest BCUT2D eigenvalue weighted by Gasteiger charge is 2.46. The van der Waals surface area contributed by atoms with Gasteiger partial charge in [0.15, 0.2) is 12.4 Å². The zero-order valence-electron chi connectivity index (χ0n) is 21.6. The lowest BCUT2D eigenvalue weighted by atomic mass is 9.81. The maximum absolute atomic E-state index is 12.2. The van der Waals surface area contributed by atoms with E-state index in [-0.39, 0.29) is 18.9 Å². The number of amides is 1. The molecule has 0 spiro atoms. The van der Waals surface area contributed by atoms with Crippen molar-refractivity contribution in [3.63, 3.8) is 0 Å². The molecule has 1 aliphatic heterocycles. The van der Waals surface area contributed by atoms with Crippen molar-refractivity contribution in [1.82, 2.24) is 5.32 Å². The van der Waals surface area contributed by atoms with Crippen LogP contribution in [-0.4, -0.2) is 67.7 Å². The predicted octanol–water partition coefficient (Wildman–Crippen LogP) is 2.51. The molecular weight excluding hydrogens is 434 g/mol. The molecule has 1 saturated heterocycles. The Bertz CT molecular complexity index is 675. The van der Waals surface area contributed by atoms with Crippen LogP contribution < -0.4 is 5.32 Å². The third-order valence-electron chi connectivity index (χ3n) is 4.71. The number of carbonyl (C=O) groups is 4. The van der Waals surface area contributed by atoms with Crippen molar-refractivity contribution < 1.29 is 42.9 Å². The molecule has 0 saturated carbocycles. The summed E-state index contributed by atoms with van der Waals surface area (Å²) in [4.78, 5) is 46.7. The van der Waals surface area contributed by atoms with E-state index < -0.39 is 53.5 Å². The second-order valence-corrected chi connectivity index (χ2v) is 8.88. The number of rotatable bonds is 9. The monoisotopic (exact) mass is 475 g/mol. The third kappa shape index (κ3) is 11.0. The fourth-order valence-electron chi connectivity index (χ4n) is 3.85. The summed E-state index contributed by atoms with van der Waals surface area (Å²) in [7, 11) is 1.57. The maximum Gasteiger partial charge on any atom is 0.303 e. The van der Waals surface area contributed by atoms with Crippen LogP contribution in [0, 0.1) is 5.41 Å². The van der Waals surface area contributed by atoms with Crippen LogP contribution in [0.25, 0.3) is 0 Å². The predicted molar refractivity (Wildman–Crippen MR) is 120 cm³/mol. The summed E-state index contributed by atoms with van der Waals surface area (Å²) in [6.45, 7) is 14.7. The topological polar surface area (TPSA) is 126 Å². The first-order valence-electron chi connectivity index (χ1n) is 11.2. The van der Waals surface area contributed by atoms with Crippen molar-refractivity contribution >= 4 is 23.8 Å². The van der Waals surface area contributed by atoms with Gasteiger partial charge in [-0.1, -0.05) is 27.7 Å². The zero-order chi connectivity index (χ0) is 26.0. The van der Waals surface area contributed by atoms with E-state index in [9.17, 15) is 19.2 Å². The van der Waals surface area contributed by atoms with Crippen LogP contribution in [0.1, 0.15) is 75.2 Å². The van der Waals surface area contributed by atoms with Crippen LogP contribution in [0.15, 0.2) is 0 Å². The van der Waals surface area contributed by atoms with Crippen LogP contribution >= 0.6 is 0 Å². The third-order valence-corrected chi connectivity index (χ3v) is 4.71. The van der Waals surface area contributed by atoms with E-state index in [1.165, 1.54) is 20.8 Å². The van der Waals surface area contributed by atoms with Crippen molar-refractivity contribution in [3.05, 3.63) is 0 Å². The average Bonchev–Trinajstić information content (AvgIpc) is 2.67. The number of hydrogen-bond donors (Lipinski definition) is 1. The van der Waals surface area contributed by atoms with Gasteiger partial charge in [0.2, 0.25) is 5.91 Å². The molecule has 1 amide bonds. The standard InChI is InChI=1S/C21H35NO9.C2H6/c1-12(23)27-10-16-18(29-14(3)25)15(28-13(2)24)9-17(30-16)31-21(6,7)11-20(4,5)19(26)22-8;1-2/h15-18H,9-11H2,1-8H3,(H,22,26);1-2H3. The van der Waals surface area contributed by atoms with Crippen LogP contribution in [0.5, 0.6) is 0 Å². The molecule has 0 radical (unpaired) electrons. The van der Waals surface area contributed by atoms with Crippen molar-refractivity contribution in [2.24, 2.45) is 5.41 Å². The molecule has 0 aromatic carbocycles. The van der Waals surface area contributed by atoms with E-state index in [1.54, 1.807) is 20.9 Å². The Labute approximate surface area is 197 Å². The van der Waals surface area contributed by atoms with E-state index in [0.29, 0.717) is 6.42 Å². The minimum Gasteiger partial charge on any atom is -0.463 e. The van der Waals surface area contributed by atoms with Gasteiger partial charge in [-0.25, -0.2) is 0 Å². The Balaban J connectivity index is 0.00000497. The highest BCUT2D eigenvalue weighted by atomic mass is 16.7. The van der Waals surface area contributed by atoms with Gasteiger partial charge in [-0.15, -0.1) is 0 Å². The highest BCUT2D eigenvalue weighted by Crippen LogP contribution is 2.35. The van der Waals surface area contributed by atoms with Gasteiger partial charge < -0.3 is 29.0 Å². The first-order chi connectivity index (χ1) is 15.2. The van der Waals surface area contributed by atoms with Crippen molar-refractivity contribution in [3.8, 4) is 0 Å². The average molecular weight is 476 g/mol. The molecule has 0 bridgehead atoms. The molecule has 33 heavy (non-hydrogen) atoms. The smallest absolute Gasteiger partial charge is 0.303 e. The molecule has 4 unspecified atom stereocenters. The summed E-state index contributed by atoms with van der Waals surface area (Å²) >= 11 is 0. The quantitative estimate of drug-likeness (QED) is 0.395. The van der Waals surface area contributed by atoms with Crippen molar-refractivity contribution in [1.29, 1.82) is 0 Å². The van der Waals surface area contributed by atoms with Crippen molar-refractivity contribution in [2.75, 3.05) is 13.7 Å². The Hall–Kier alpha value is -2.20. The Morgan fingerprint density at radius 2 is 1.48 bits per heavy atom. The molecular formula is C23H41NO9. The van der Waals surface area contributed by atoms with Gasteiger partial charge in [-0.3, -0.25) is 19.2 Å². The molecule has 0 aromatic rings. The van der Waals surface area contributed by atoms with Crippen LogP contribution in [0.4, 0.5) is 0 Å². The van der Waals surface area contributed by atoms with Gasteiger partial charge in [0, 0.05) is 39.7 Å². The molecule has 1 rings (SSSR count). The molecule has 4 atom stereocenters. The normalized spacial score (nSPS) is 22.8. The SMILES string of the molecule is CC.CNC(=O)C(C)(C)CC(C)(C)OC1CC(OC(C)=O)C(OC(C)=O)C(COC(C)=O)O1. The molecule has 1 aliphatic rings. The molecule has 1 heterocycles. The first-order valence-corrected chi connectivity index (χ1v) is 11.2. The molecule has 0 aromatic heterocycles. The van der Waals surface area contributed by atoms with Gasteiger partial charge in [0.05, 0.1) is 5.60 Å². The molecule has 1 fully saturated rings. The van der Waals surface area contributed by atoms with Gasteiger partial charge in [0.1, 0.15) is 18.8 Å². The molecule has 10 nitrogen and oxygen atoms in total.